The fourth-order valence-electron chi connectivity index (χ4n) is 0.688. The third kappa shape index (κ3) is 2.19. The first kappa shape index (κ1) is 10.9. The Bertz CT molecular complexity index is 297. The molecule has 0 amide bonds. The number of aromatic hydroxyl groups is 2. The van der Waals surface area contributed by atoms with Crippen LogP contribution in [0.2, 0.25) is 0 Å². The Morgan fingerprint density at radius 1 is 1.33 bits per heavy atom. The molecule has 5 heteroatoms. The van der Waals surface area contributed by atoms with Crippen LogP contribution in [0.1, 0.15) is 10.4 Å². The third-order valence-corrected chi connectivity index (χ3v) is 1.20. The van der Waals surface area contributed by atoms with Crippen molar-refractivity contribution >= 4 is 5.97 Å². The molecule has 0 aromatic heterocycles. The first-order valence-corrected chi connectivity index (χ1v) is 2.84. The normalized spacial score (nSPS) is 8.67. The molecule has 0 saturated heterocycles. The van der Waals surface area contributed by atoms with Gasteiger partial charge in [-0.3, -0.25) is 0 Å². The number of carbonyl (C=O) groups excluding carboxylic acids is 1. The second-order valence-corrected chi connectivity index (χ2v) is 1.99. The SMILES string of the molecule is O=C([O-])c1cc(O)ccc1O.[Li+]. The van der Waals surface area contributed by atoms with Crippen LogP contribution < -0.4 is 24.0 Å². The molecule has 2 N–H and O–H groups in total. The van der Waals surface area contributed by atoms with Crippen molar-refractivity contribution in [1.82, 2.24) is 0 Å². The molecule has 0 unspecified atom stereocenters. The van der Waals surface area contributed by atoms with Crippen molar-refractivity contribution in [2.75, 3.05) is 0 Å². The molecule has 0 aliphatic rings. The average Bonchev–Trinajstić information content (AvgIpc) is 1.94. The second-order valence-electron chi connectivity index (χ2n) is 1.99. The van der Waals surface area contributed by atoms with Gasteiger partial charge in [0.1, 0.15) is 11.5 Å². The summed E-state index contributed by atoms with van der Waals surface area (Å²) in [5.74, 6) is -2.15. The van der Waals surface area contributed by atoms with Crippen molar-refractivity contribution < 1.29 is 39.0 Å². The van der Waals surface area contributed by atoms with Crippen LogP contribution in [0.5, 0.6) is 11.5 Å². The maximum atomic E-state index is 10.2. The van der Waals surface area contributed by atoms with Gasteiger partial charge in [-0.15, -0.1) is 0 Å². The van der Waals surface area contributed by atoms with Crippen molar-refractivity contribution in [2.24, 2.45) is 0 Å². The topological polar surface area (TPSA) is 80.6 Å². The molecule has 0 aliphatic heterocycles. The number of benzene rings is 1. The fraction of sp³-hybridized carbons (Fsp3) is 0. The van der Waals surface area contributed by atoms with Crippen LogP contribution in [0.15, 0.2) is 18.2 Å². The molecule has 0 fully saturated rings. The van der Waals surface area contributed by atoms with E-state index in [0.717, 1.165) is 12.1 Å². The molecule has 0 radical (unpaired) electrons. The smallest absolute Gasteiger partial charge is 0.545 e. The number of phenols is 2. The van der Waals surface area contributed by atoms with E-state index in [-0.39, 0.29) is 24.6 Å². The summed E-state index contributed by atoms with van der Waals surface area (Å²) >= 11 is 0. The van der Waals surface area contributed by atoms with Crippen LogP contribution in [-0.4, -0.2) is 16.2 Å². The Labute approximate surface area is 80.6 Å². The van der Waals surface area contributed by atoms with E-state index in [2.05, 4.69) is 0 Å². The molecule has 1 rings (SSSR count). The van der Waals surface area contributed by atoms with Crippen LogP contribution in [0.3, 0.4) is 0 Å². The van der Waals surface area contributed by atoms with Crippen molar-refractivity contribution in [3.63, 3.8) is 0 Å². The number of hydrogen-bond acceptors (Lipinski definition) is 4. The van der Waals surface area contributed by atoms with Gasteiger partial charge in [0.2, 0.25) is 0 Å². The van der Waals surface area contributed by atoms with Crippen LogP contribution in [0.25, 0.3) is 0 Å². The van der Waals surface area contributed by atoms with E-state index in [1.165, 1.54) is 6.07 Å². The van der Waals surface area contributed by atoms with Gasteiger partial charge in [0, 0.05) is 5.56 Å². The van der Waals surface area contributed by atoms with Crippen LogP contribution >= 0.6 is 0 Å². The van der Waals surface area contributed by atoms with Gasteiger partial charge in [0.25, 0.3) is 0 Å². The van der Waals surface area contributed by atoms with Crippen LogP contribution in [-0.2, 0) is 0 Å². The number of hydrogen-bond donors (Lipinski definition) is 2. The Balaban J connectivity index is 0.00000121. The summed E-state index contributed by atoms with van der Waals surface area (Å²) in [6, 6.07) is 3.19. The predicted octanol–water partition coefficient (Wildman–Crippen LogP) is -3.53. The molecule has 0 bridgehead atoms. The molecule has 12 heavy (non-hydrogen) atoms. The van der Waals surface area contributed by atoms with Gasteiger partial charge in [0.15, 0.2) is 0 Å². The van der Waals surface area contributed by atoms with Gasteiger partial charge in [-0.1, -0.05) is 0 Å². The van der Waals surface area contributed by atoms with E-state index in [9.17, 15) is 9.90 Å². The van der Waals surface area contributed by atoms with Gasteiger partial charge >= 0.3 is 18.9 Å². The van der Waals surface area contributed by atoms with Gasteiger partial charge < -0.3 is 20.1 Å². The van der Waals surface area contributed by atoms with E-state index >= 15 is 0 Å². The first-order valence-electron chi connectivity index (χ1n) is 2.84. The van der Waals surface area contributed by atoms with Crippen molar-refractivity contribution in [1.29, 1.82) is 0 Å². The largest absolute Gasteiger partial charge is 1.00 e. The van der Waals surface area contributed by atoms with E-state index < -0.39 is 17.3 Å². The number of carboxylic acid groups (broad SMARTS) is 1. The molecular weight excluding hydrogens is 155 g/mol. The average molecular weight is 160 g/mol. The number of aromatic carboxylic acids is 1. The van der Waals surface area contributed by atoms with Crippen molar-refractivity contribution in [3.05, 3.63) is 23.8 Å². The molecule has 0 aliphatic carbocycles. The number of carboxylic acids is 1. The predicted molar refractivity (Wildman–Crippen MR) is 34.1 cm³/mol. The van der Waals surface area contributed by atoms with Crippen molar-refractivity contribution in [2.45, 2.75) is 0 Å². The number of phenolic OH excluding ortho intramolecular Hbond substituents is 1. The molecule has 0 atom stereocenters. The minimum atomic E-state index is -1.52. The van der Waals surface area contributed by atoms with E-state index in [4.69, 9.17) is 10.2 Å². The summed E-state index contributed by atoms with van der Waals surface area (Å²) in [7, 11) is 0. The third-order valence-electron chi connectivity index (χ3n) is 1.20. The summed E-state index contributed by atoms with van der Waals surface area (Å²) in [4.78, 5) is 10.2. The standard InChI is InChI=1S/C7H6O4.Li/c8-4-1-2-6(9)5(3-4)7(10)11;/h1-3,8-9H,(H,10,11);/q;+1/p-1. The van der Waals surface area contributed by atoms with Gasteiger partial charge in [-0.05, 0) is 18.2 Å². The molecule has 1 aromatic carbocycles. The van der Waals surface area contributed by atoms with Gasteiger partial charge in [-0.2, -0.15) is 0 Å². The minimum absolute atomic E-state index is 0. The Morgan fingerprint density at radius 3 is 2.33 bits per heavy atom. The van der Waals surface area contributed by atoms with Crippen LogP contribution in [0.4, 0.5) is 0 Å². The molecule has 0 saturated carbocycles. The first-order chi connectivity index (χ1) is 5.11. The monoisotopic (exact) mass is 160 g/mol. The zero-order valence-electron chi connectivity index (χ0n) is 6.44. The summed E-state index contributed by atoms with van der Waals surface area (Å²) < 4.78 is 0. The van der Waals surface area contributed by atoms with E-state index in [1.54, 1.807) is 0 Å². The van der Waals surface area contributed by atoms with Gasteiger partial charge in [0.05, 0.1) is 5.97 Å². The maximum Gasteiger partial charge on any atom is 1.00 e. The van der Waals surface area contributed by atoms with E-state index in [0.29, 0.717) is 0 Å². The minimum Gasteiger partial charge on any atom is -0.545 e. The Hall–Kier alpha value is -1.11. The molecule has 0 spiro atoms. The fourth-order valence-corrected chi connectivity index (χ4v) is 0.688. The zero-order valence-corrected chi connectivity index (χ0v) is 6.44. The summed E-state index contributed by atoms with van der Waals surface area (Å²) in [5.41, 5.74) is -0.412. The van der Waals surface area contributed by atoms with E-state index in [1.807, 2.05) is 0 Å². The number of carbonyl (C=O) groups is 1. The Morgan fingerprint density at radius 2 is 1.92 bits per heavy atom. The van der Waals surface area contributed by atoms with Gasteiger partial charge in [-0.25, -0.2) is 0 Å². The summed E-state index contributed by atoms with van der Waals surface area (Å²) in [6.07, 6.45) is 0. The summed E-state index contributed by atoms with van der Waals surface area (Å²) in [5, 5.41) is 27.8. The zero-order chi connectivity index (χ0) is 8.43. The quantitative estimate of drug-likeness (QED) is 0.329. The van der Waals surface area contributed by atoms with Crippen molar-refractivity contribution in [3.8, 4) is 11.5 Å². The number of rotatable bonds is 1. The molecule has 0 heterocycles. The molecule has 4 nitrogen and oxygen atoms in total. The second kappa shape index (κ2) is 4.05. The maximum absolute atomic E-state index is 10.2. The molecular formula is C7H5LiO4. The molecule has 58 valence electrons. The Kier molecular flexibility index (Phi) is 3.67. The summed E-state index contributed by atoms with van der Waals surface area (Å²) in [6.45, 7) is 0. The van der Waals surface area contributed by atoms with Crippen LogP contribution in [0, 0.1) is 0 Å². The molecule has 1 aromatic rings.